The molecule has 3 N–H and O–H groups in total. The minimum atomic E-state index is -0.382. The quantitative estimate of drug-likeness (QED) is 0.236. The first-order valence-electron chi connectivity index (χ1n) is 17.8. The third kappa shape index (κ3) is 10.0. The molecule has 2 heterocycles. The molecule has 6 rings (SSSR count). The Kier molecular flexibility index (Phi) is 14.8. The molecule has 0 unspecified atom stereocenters. The van der Waals surface area contributed by atoms with Crippen LogP contribution in [0.25, 0.3) is 0 Å². The third-order valence-corrected chi connectivity index (χ3v) is 11.1. The fourth-order valence-electron chi connectivity index (χ4n) is 8.00. The molecule has 0 amide bonds. The predicted molar refractivity (Wildman–Crippen MR) is 193 cm³/mol. The summed E-state index contributed by atoms with van der Waals surface area (Å²) in [5, 5.41) is 18.0. The molecule has 2 aromatic rings. The lowest BCUT2D eigenvalue weighted by atomic mass is 9.81. The molecule has 4 fully saturated rings. The van der Waals surface area contributed by atoms with Crippen LogP contribution in [-0.2, 0) is 0 Å². The maximum absolute atomic E-state index is 11.0. The number of nitro groups is 1. The van der Waals surface area contributed by atoms with Crippen LogP contribution in [0.5, 0.6) is 11.5 Å². The minimum absolute atomic E-state index is 0.0485. The Morgan fingerprint density at radius 2 is 1.06 bits per heavy atom. The van der Waals surface area contributed by atoms with E-state index < -0.39 is 0 Å². The van der Waals surface area contributed by atoms with Crippen LogP contribution in [0.2, 0.25) is 0 Å². The van der Waals surface area contributed by atoms with Crippen molar-refractivity contribution < 1.29 is 19.5 Å². The van der Waals surface area contributed by atoms with Gasteiger partial charge in [-0.1, -0.05) is 12.1 Å². The smallest absolute Gasteiger partial charge is 0.310 e. The molecular weight excluding hydrogens is 608 g/mol. The van der Waals surface area contributed by atoms with Crippen LogP contribution in [0.4, 0.5) is 11.4 Å². The van der Waals surface area contributed by atoms with Crippen LogP contribution in [0.15, 0.2) is 36.4 Å². The van der Waals surface area contributed by atoms with Gasteiger partial charge in [0.1, 0.15) is 5.75 Å². The number of ether oxygens (including phenoxy) is 2. The molecule has 0 bridgehead atoms. The molecule has 11 nitrogen and oxygen atoms in total. The van der Waals surface area contributed by atoms with Crippen molar-refractivity contribution in [3.63, 3.8) is 0 Å². The molecular formula is C37H60N6O5. The monoisotopic (exact) mass is 668 g/mol. The zero-order chi connectivity index (χ0) is 34.6. The van der Waals surface area contributed by atoms with Gasteiger partial charge in [0.05, 0.1) is 24.8 Å². The first-order valence-corrected chi connectivity index (χ1v) is 17.8. The summed E-state index contributed by atoms with van der Waals surface area (Å²) in [6.45, 7) is 9.60. The molecule has 4 aliphatic rings. The number of aliphatic hydroxyl groups is 1. The summed E-state index contributed by atoms with van der Waals surface area (Å²) in [5.41, 5.74) is 9.27. The molecule has 11 heteroatoms. The molecule has 2 aliphatic heterocycles. The maximum Gasteiger partial charge on any atom is 0.310 e. The van der Waals surface area contributed by atoms with Crippen LogP contribution in [0.1, 0.15) is 74.3 Å². The zero-order valence-corrected chi connectivity index (χ0v) is 30.0. The summed E-state index contributed by atoms with van der Waals surface area (Å²) in [4.78, 5) is 20.8. The van der Waals surface area contributed by atoms with Crippen molar-refractivity contribution >= 4 is 11.4 Å². The van der Waals surface area contributed by atoms with E-state index >= 15 is 0 Å². The fourth-order valence-corrected chi connectivity index (χ4v) is 8.00. The van der Waals surface area contributed by atoms with E-state index in [4.69, 9.17) is 20.3 Å². The summed E-state index contributed by atoms with van der Waals surface area (Å²) in [6.07, 6.45) is 9.94. The molecule has 2 aromatic carbocycles. The van der Waals surface area contributed by atoms with Gasteiger partial charge in [-0.05, 0) is 107 Å². The summed E-state index contributed by atoms with van der Waals surface area (Å²) in [5.74, 6) is 2.35. The lowest BCUT2D eigenvalue weighted by molar-refractivity contribution is -0.385. The van der Waals surface area contributed by atoms with Crippen LogP contribution in [-0.4, -0.2) is 129 Å². The Hall–Kier alpha value is -2.96. The van der Waals surface area contributed by atoms with Gasteiger partial charge in [0, 0.05) is 77.6 Å². The molecule has 2 saturated carbocycles. The molecule has 0 radical (unpaired) electrons. The SMILES string of the molecule is CO.COc1cc(C2CCC(N3CCN(C)CC3)CC2)ccc1N.COc1cc(C2CCC(N3CCN(C)CC3)CC2)ccc1[N+](=O)[O-]. The summed E-state index contributed by atoms with van der Waals surface area (Å²) >= 11 is 0. The molecule has 2 aliphatic carbocycles. The number of methoxy groups -OCH3 is 2. The number of anilines is 1. The summed E-state index contributed by atoms with van der Waals surface area (Å²) in [6, 6.07) is 13.1. The first-order chi connectivity index (χ1) is 23.2. The number of likely N-dealkylation sites (N-methyl/N-ethyl adjacent to an activating group) is 2. The van der Waals surface area contributed by atoms with Crippen molar-refractivity contribution in [2.75, 3.05) is 93.5 Å². The number of nitrogens with two attached hydrogens (primary N) is 1. The van der Waals surface area contributed by atoms with Crippen molar-refractivity contribution in [2.24, 2.45) is 0 Å². The fraction of sp³-hybridized carbons (Fsp3) is 0.676. The Labute approximate surface area is 288 Å². The standard InChI is InChI=1S/C18H27N3O3.C18H29N3O.CH4O/c1-19-9-11-20(12-10-19)16-6-3-14(4-7-16)15-5-8-17(21(22)23)18(13-15)24-2;1-20-9-11-21(12-10-20)16-6-3-14(4-7-16)15-5-8-17(19)18(13-15)22-2;1-2/h5,8,13-14,16H,3-4,6-7,9-12H2,1-2H3;5,8,13-14,16H,3-4,6-7,9-12,19H2,1-2H3;2H,1H3. The lowest BCUT2D eigenvalue weighted by Crippen LogP contribution is -2.49. The molecule has 0 aromatic heterocycles. The molecule has 2 saturated heterocycles. The number of piperazine rings is 2. The number of hydrogen-bond donors (Lipinski definition) is 2. The molecule has 48 heavy (non-hydrogen) atoms. The second-order valence-corrected chi connectivity index (χ2v) is 13.9. The predicted octanol–water partition coefficient (Wildman–Crippen LogP) is 5.04. The number of benzene rings is 2. The topological polar surface area (TPSA) is 121 Å². The number of hydrogen-bond acceptors (Lipinski definition) is 10. The molecule has 268 valence electrons. The lowest BCUT2D eigenvalue weighted by Gasteiger charge is -2.41. The second-order valence-electron chi connectivity index (χ2n) is 13.9. The molecule has 0 spiro atoms. The highest BCUT2D eigenvalue weighted by Gasteiger charge is 2.30. The highest BCUT2D eigenvalue weighted by Crippen LogP contribution is 2.39. The number of rotatable bonds is 7. The van der Waals surface area contributed by atoms with E-state index in [1.807, 2.05) is 18.2 Å². The van der Waals surface area contributed by atoms with Gasteiger partial charge < -0.3 is 30.1 Å². The highest BCUT2D eigenvalue weighted by molar-refractivity contribution is 5.54. The Balaban J connectivity index is 0.000000207. The Morgan fingerprint density at radius 1 is 0.667 bits per heavy atom. The van der Waals surface area contributed by atoms with Gasteiger partial charge in [0.25, 0.3) is 0 Å². The van der Waals surface area contributed by atoms with Crippen molar-refractivity contribution in [1.82, 2.24) is 19.6 Å². The summed E-state index contributed by atoms with van der Waals surface area (Å²) < 4.78 is 10.6. The third-order valence-electron chi connectivity index (χ3n) is 11.1. The second kappa shape index (κ2) is 18.7. The van der Waals surface area contributed by atoms with Gasteiger partial charge >= 0.3 is 5.69 Å². The zero-order valence-electron chi connectivity index (χ0n) is 30.0. The van der Waals surface area contributed by atoms with Crippen molar-refractivity contribution in [3.8, 4) is 11.5 Å². The number of nitrogens with zero attached hydrogens (tertiary/aromatic N) is 5. The number of aliphatic hydroxyl groups excluding tert-OH is 1. The minimum Gasteiger partial charge on any atom is -0.495 e. The van der Waals surface area contributed by atoms with E-state index in [0.29, 0.717) is 23.6 Å². The Morgan fingerprint density at radius 3 is 1.46 bits per heavy atom. The highest BCUT2D eigenvalue weighted by atomic mass is 16.6. The van der Waals surface area contributed by atoms with E-state index in [1.54, 1.807) is 13.2 Å². The van der Waals surface area contributed by atoms with Crippen LogP contribution >= 0.6 is 0 Å². The Bertz CT molecular complexity index is 1260. The van der Waals surface area contributed by atoms with Gasteiger partial charge in [-0.25, -0.2) is 0 Å². The van der Waals surface area contributed by atoms with Crippen molar-refractivity contribution in [1.29, 1.82) is 0 Å². The maximum atomic E-state index is 11.0. The van der Waals surface area contributed by atoms with Crippen LogP contribution < -0.4 is 15.2 Å². The van der Waals surface area contributed by atoms with E-state index in [9.17, 15) is 10.1 Å². The van der Waals surface area contributed by atoms with Gasteiger partial charge in [-0.15, -0.1) is 0 Å². The van der Waals surface area contributed by atoms with E-state index in [2.05, 4.69) is 45.8 Å². The number of nitro benzene ring substituents is 1. The van der Waals surface area contributed by atoms with Gasteiger partial charge in [-0.2, -0.15) is 0 Å². The summed E-state index contributed by atoms with van der Waals surface area (Å²) in [7, 11) is 8.61. The van der Waals surface area contributed by atoms with Gasteiger partial charge in [0.15, 0.2) is 5.75 Å². The largest absolute Gasteiger partial charge is 0.495 e. The molecule has 0 atom stereocenters. The first kappa shape index (κ1) is 37.9. The van der Waals surface area contributed by atoms with E-state index in [0.717, 1.165) is 37.4 Å². The average Bonchev–Trinajstić information content (AvgIpc) is 3.13. The van der Waals surface area contributed by atoms with E-state index in [-0.39, 0.29) is 10.6 Å². The average molecular weight is 669 g/mol. The van der Waals surface area contributed by atoms with Crippen LogP contribution in [0.3, 0.4) is 0 Å². The van der Waals surface area contributed by atoms with Crippen molar-refractivity contribution in [2.45, 2.75) is 75.3 Å². The van der Waals surface area contributed by atoms with E-state index in [1.165, 1.54) is 109 Å². The van der Waals surface area contributed by atoms with Crippen molar-refractivity contribution in [3.05, 3.63) is 57.6 Å². The number of nitrogen functional groups attached to an aromatic ring is 1. The van der Waals surface area contributed by atoms with Gasteiger partial charge in [-0.3, -0.25) is 19.9 Å². The normalized spacial score (nSPS) is 26.0. The van der Waals surface area contributed by atoms with Crippen LogP contribution in [0, 0.1) is 10.1 Å². The van der Waals surface area contributed by atoms with Gasteiger partial charge in [0.2, 0.25) is 0 Å².